The van der Waals surface area contributed by atoms with Crippen LogP contribution in [0.4, 0.5) is 4.79 Å². The van der Waals surface area contributed by atoms with Crippen molar-refractivity contribution in [2.45, 2.75) is 25.5 Å². The molecule has 0 saturated carbocycles. The molecule has 0 N–H and O–H groups in total. The normalized spacial score (nSPS) is 13.6. The summed E-state index contributed by atoms with van der Waals surface area (Å²) >= 11 is 0. The molecule has 0 aliphatic heterocycles. The third-order valence-electron chi connectivity index (χ3n) is 9.14. The van der Waals surface area contributed by atoms with Crippen molar-refractivity contribution in [1.29, 1.82) is 0 Å². The van der Waals surface area contributed by atoms with Crippen molar-refractivity contribution < 1.29 is 14.3 Å². The van der Waals surface area contributed by atoms with Gasteiger partial charge in [-0.15, -0.1) is 0 Å². The van der Waals surface area contributed by atoms with Crippen LogP contribution in [0.5, 0.6) is 0 Å². The molecule has 3 nitrogen and oxygen atoms in total. The number of hydrogen-bond acceptors (Lipinski definition) is 3. The average Bonchev–Trinajstić information content (AvgIpc) is 3.12. The zero-order valence-corrected chi connectivity index (χ0v) is 28.2. The van der Waals surface area contributed by atoms with Crippen molar-refractivity contribution in [3.63, 3.8) is 0 Å². The molecule has 6 aromatic rings. The quantitative estimate of drug-likeness (QED) is 0.116. The SMILES string of the molecule is CC(OC(=O)OC(C)[PH](c1ccccc1)(c1ccccc1)c1ccccc1)[PH](c1ccccc1)(c1ccccc1)c1ccccc1. The van der Waals surface area contributed by atoms with E-state index in [4.69, 9.17) is 9.47 Å². The van der Waals surface area contributed by atoms with E-state index < -0.39 is 32.4 Å². The van der Waals surface area contributed by atoms with Crippen LogP contribution < -0.4 is 31.8 Å². The molecule has 6 aromatic carbocycles. The monoisotopic (exact) mass is 642 g/mol. The Morgan fingerprint density at radius 3 is 0.717 bits per heavy atom. The Labute approximate surface area is 273 Å². The van der Waals surface area contributed by atoms with Crippen LogP contribution in [0.2, 0.25) is 0 Å². The van der Waals surface area contributed by atoms with Crippen molar-refractivity contribution in [2.24, 2.45) is 0 Å². The molecule has 46 heavy (non-hydrogen) atoms. The second-order valence-electron chi connectivity index (χ2n) is 11.6. The van der Waals surface area contributed by atoms with Crippen molar-refractivity contribution in [2.75, 3.05) is 0 Å². The summed E-state index contributed by atoms with van der Waals surface area (Å²) in [5, 5.41) is 7.01. The van der Waals surface area contributed by atoms with Gasteiger partial charge in [0.15, 0.2) is 0 Å². The summed E-state index contributed by atoms with van der Waals surface area (Å²) in [6.07, 6.45) is -0.653. The molecule has 0 aromatic heterocycles. The Bertz CT molecular complexity index is 1490. The maximum atomic E-state index is 14.1. The van der Waals surface area contributed by atoms with E-state index in [1.165, 1.54) is 31.8 Å². The van der Waals surface area contributed by atoms with Crippen LogP contribution in [0.1, 0.15) is 13.8 Å². The molecule has 0 spiro atoms. The van der Waals surface area contributed by atoms with E-state index in [-0.39, 0.29) is 0 Å². The van der Waals surface area contributed by atoms with E-state index in [9.17, 15) is 4.79 Å². The summed E-state index contributed by atoms with van der Waals surface area (Å²) in [7, 11) is -5.78. The van der Waals surface area contributed by atoms with Gasteiger partial charge in [0.1, 0.15) is 0 Å². The predicted octanol–water partition coefficient (Wildman–Crippen LogP) is 7.28. The van der Waals surface area contributed by atoms with Crippen molar-refractivity contribution in [3.8, 4) is 0 Å². The van der Waals surface area contributed by atoms with Gasteiger partial charge in [0.2, 0.25) is 0 Å². The van der Waals surface area contributed by atoms with Gasteiger partial charge in [-0.2, -0.15) is 0 Å². The van der Waals surface area contributed by atoms with Crippen LogP contribution in [0.25, 0.3) is 0 Å². The minimum absolute atomic E-state index is 0.472. The third kappa shape index (κ3) is 5.90. The second kappa shape index (κ2) is 14.3. The first-order valence-corrected chi connectivity index (χ1v) is 19.9. The van der Waals surface area contributed by atoms with Crippen LogP contribution in [0.15, 0.2) is 182 Å². The number of benzene rings is 6. The zero-order valence-electron chi connectivity index (χ0n) is 26.2. The van der Waals surface area contributed by atoms with Crippen molar-refractivity contribution in [1.82, 2.24) is 0 Å². The average molecular weight is 643 g/mol. The van der Waals surface area contributed by atoms with Crippen LogP contribution in [0.3, 0.4) is 0 Å². The van der Waals surface area contributed by atoms with Crippen LogP contribution in [-0.2, 0) is 9.47 Å². The summed E-state index contributed by atoms with van der Waals surface area (Å²) in [6, 6.07) is 62.9. The predicted molar refractivity (Wildman–Crippen MR) is 200 cm³/mol. The third-order valence-corrected chi connectivity index (χ3v) is 19.3. The van der Waals surface area contributed by atoms with E-state index in [1.54, 1.807) is 0 Å². The number of ether oxygens (including phenoxy) is 2. The Morgan fingerprint density at radius 2 is 0.543 bits per heavy atom. The molecule has 2 unspecified atom stereocenters. The molecule has 6 rings (SSSR count). The molecule has 0 saturated heterocycles. The summed E-state index contributed by atoms with van der Waals surface area (Å²) in [6.45, 7) is 4.06. The van der Waals surface area contributed by atoms with Gasteiger partial charge >= 0.3 is 274 Å². The number of carbonyl (C=O) groups excluding carboxylic acids is 1. The molecule has 0 amide bonds. The Hall–Kier alpha value is -4.55. The zero-order chi connectivity index (χ0) is 31.8. The molecule has 0 aliphatic rings. The van der Waals surface area contributed by atoms with E-state index in [0.717, 1.165) is 0 Å². The summed E-state index contributed by atoms with van der Waals surface area (Å²) in [5.41, 5.74) is 0. The van der Waals surface area contributed by atoms with Gasteiger partial charge < -0.3 is 0 Å². The molecule has 0 bridgehead atoms. The van der Waals surface area contributed by atoms with Crippen molar-refractivity contribution in [3.05, 3.63) is 182 Å². The molecule has 232 valence electrons. The fraction of sp³-hybridized carbons (Fsp3) is 0.0976. The fourth-order valence-corrected chi connectivity index (χ4v) is 16.8. The molecular weight excluding hydrogens is 602 g/mol. The summed E-state index contributed by atoms with van der Waals surface area (Å²) in [4.78, 5) is 14.1. The van der Waals surface area contributed by atoms with E-state index >= 15 is 0 Å². The van der Waals surface area contributed by atoms with Gasteiger partial charge in [-0.05, 0) is 0 Å². The van der Waals surface area contributed by atoms with E-state index in [2.05, 4.69) is 146 Å². The second-order valence-corrected chi connectivity index (χ2v) is 19.9. The maximum absolute atomic E-state index is 14.1. The Kier molecular flexibility index (Phi) is 9.74. The summed E-state index contributed by atoms with van der Waals surface area (Å²) < 4.78 is 13.0. The molecule has 0 aliphatic carbocycles. The van der Waals surface area contributed by atoms with Gasteiger partial charge in [-0.25, -0.2) is 0 Å². The van der Waals surface area contributed by atoms with Crippen LogP contribution >= 0.6 is 14.5 Å². The van der Waals surface area contributed by atoms with Gasteiger partial charge in [0.05, 0.1) is 0 Å². The van der Waals surface area contributed by atoms with Gasteiger partial charge in [0.25, 0.3) is 0 Å². The first-order chi connectivity index (χ1) is 22.6. The number of carbonyl (C=O) groups is 1. The molecular formula is C41H40O3P2. The fourth-order valence-electron chi connectivity index (χ4n) is 7.11. The minimum atomic E-state index is -2.89. The van der Waals surface area contributed by atoms with Crippen LogP contribution in [-0.4, -0.2) is 17.8 Å². The van der Waals surface area contributed by atoms with E-state index in [0.29, 0.717) is 0 Å². The molecule has 2 atom stereocenters. The van der Waals surface area contributed by atoms with E-state index in [1.807, 2.05) is 50.2 Å². The number of hydrogen-bond donors (Lipinski definition) is 0. The molecule has 0 heterocycles. The number of rotatable bonds is 10. The van der Waals surface area contributed by atoms with Crippen LogP contribution in [0, 0.1) is 0 Å². The summed E-state index contributed by atoms with van der Waals surface area (Å²) in [5.74, 6) is -0.943. The molecule has 5 heteroatoms. The standard InChI is InChI=1S/C41H40O3P2/c1-33(45(35-21-9-3-10-22-35,36-23-11-4-12-24-36)37-25-13-5-14-26-37)43-41(42)44-34(2)46(38-27-15-6-16-28-38,39-29-17-7-18-30-39)40-31-19-8-20-32-40/h3-34,45-46H,1-2H3. The Balaban J connectivity index is 1.43. The Morgan fingerprint density at radius 1 is 0.370 bits per heavy atom. The van der Waals surface area contributed by atoms with Crippen molar-refractivity contribution >= 4 is 52.5 Å². The van der Waals surface area contributed by atoms with Gasteiger partial charge in [-0.1, -0.05) is 0 Å². The van der Waals surface area contributed by atoms with Gasteiger partial charge in [0, 0.05) is 0 Å². The topological polar surface area (TPSA) is 35.5 Å². The first-order valence-electron chi connectivity index (χ1n) is 15.8. The first kappa shape index (κ1) is 31.4. The molecule has 0 radical (unpaired) electrons. The molecule has 0 fully saturated rings. The van der Waals surface area contributed by atoms with Gasteiger partial charge in [-0.3, -0.25) is 0 Å².